The van der Waals surface area contributed by atoms with Crippen molar-refractivity contribution in [3.05, 3.63) is 12.2 Å². The van der Waals surface area contributed by atoms with Gasteiger partial charge in [-0.15, -0.1) is 0 Å². The number of carboxylic acid groups (broad SMARTS) is 1. The Balaban J connectivity index is 1.68. The first-order valence-corrected chi connectivity index (χ1v) is 7.04. The van der Waals surface area contributed by atoms with Gasteiger partial charge in [0.2, 0.25) is 5.91 Å². The second kappa shape index (κ2) is 4.96. The number of carbonyl (C=O) groups excluding carboxylic acids is 1. The van der Waals surface area contributed by atoms with E-state index in [1.165, 1.54) is 6.42 Å². The van der Waals surface area contributed by atoms with E-state index in [0.717, 1.165) is 25.7 Å². The highest BCUT2D eigenvalue weighted by Gasteiger charge is 2.53. The van der Waals surface area contributed by atoms with Crippen LogP contribution in [0, 0.1) is 11.8 Å². The van der Waals surface area contributed by atoms with E-state index in [0.29, 0.717) is 0 Å². The fraction of sp³-hybridized carbons (Fsp3) is 0.714. The van der Waals surface area contributed by atoms with Crippen LogP contribution < -0.4 is 5.32 Å². The van der Waals surface area contributed by atoms with Gasteiger partial charge in [0.15, 0.2) is 0 Å². The van der Waals surface area contributed by atoms with Crippen LogP contribution in [0.4, 0.5) is 0 Å². The SMILES string of the molecule is O=C(O)[C@@H]1[C@@H](C(=O)NC2CCCCC2)[C@H]2C=C[C@@H]1O2. The zero-order valence-corrected chi connectivity index (χ0v) is 10.7. The third-order valence-electron chi connectivity index (χ3n) is 4.44. The van der Waals surface area contributed by atoms with E-state index in [-0.39, 0.29) is 18.1 Å². The summed E-state index contributed by atoms with van der Waals surface area (Å²) in [5.74, 6) is -2.41. The highest BCUT2D eigenvalue weighted by atomic mass is 16.5. The number of hydrogen-bond donors (Lipinski definition) is 2. The molecule has 2 heterocycles. The second-order valence-electron chi connectivity index (χ2n) is 5.68. The molecule has 1 amide bonds. The Hall–Kier alpha value is -1.36. The highest BCUT2D eigenvalue weighted by molar-refractivity contribution is 5.87. The van der Waals surface area contributed by atoms with Gasteiger partial charge in [0.25, 0.3) is 0 Å². The maximum Gasteiger partial charge on any atom is 0.310 e. The van der Waals surface area contributed by atoms with Gasteiger partial charge in [-0.2, -0.15) is 0 Å². The van der Waals surface area contributed by atoms with Crippen molar-refractivity contribution in [1.82, 2.24) is 5.32 Å². The van der Waals surface area contributed by atoms with E-state index in [1.807, 2.05) is 6.08 Å². The van der Waals surface area contributed by atoms with Crippen LogP contribution in [0.3, 0.4) is 0 Å². The number of ether oxygens (including phenoxy) is 1. The van der Waals surface area contributed by atoms with Gasteiger partial charge in [0.05, 0.1) is 18.1 Å². The lowest BCUT2D eigenvalue weighted by atomic mass is 9.82. The van der Waals surface area contributed by atoms with Crippen LogP contribution >= 0.6 is 0 Å². The number of hydrogen-bond acceptors (Lipinski definition) is 3. The molecule has 2 aliphatic heterocycles. The number of nitrogens with one attached hydrogen (secondary N) is 1. The average Bonchev–Trinajstić information content (AvgIpc) is 2.99. The van der Waals surface area contributed by atoms with E-state index in [1.54, 1.807) is 6.08 Å². The molecule has 1 saturated heterocycles. The first kappa shape index (κ1) is 12.7. The van der Waals surface area contributed by atoms with E-state index in [2.05, 4.69) is 5.32 Å². The van der Waals surface area contributed by atoms with Gasteiger partial charge in [-0.25, -0.2) is 0 Å². The monoisotopic (exact) mass is 265 g/mol. The Kier molecular flexibility index (Phi) is 3.31. The van der Waals surface area contributed by atoms with E-state index >= 15 is 0 Å². The summed E-state index contributed by atoms with van der Waals surface area (Å²) >= 11 is 0. The standard InChI is InChI=1S/C14H19NO4/c16-13(15-8-4-2-1-3-5-8)11-9-6-7-10(19-9)12(11)14(17)18/h6-12H,1-5H2,(H,15,16)(H,17,18)/t9-,10+,11+,12+/m1/s1. The molecule has 0 aromatic carbocycles. The van der Waals surface area contributed by atoms with Crippen molar-refractivity contribution in [2.75, 3.05) is 0 Å². The summed E-state index contributed by atoms with van der Waals surface area (Å²) in [7, 11) is 0. The van der Waals surface area contributed by atoms with Gasteiger partial charge in [0.1, 0.15) is 5.92 Å². The number of amides is 1. The number of carboxylic acids is 1. The van der Waals surface area contributed by atoms with Crippen LogP contribution in [0.1, 0.15) is 32.1 Å². The summed E-state index contributed by atoms with van der Waals surface area (Å²) in [4.78, 5) is 23.6. The summed E-state index contributed by atoms with van der Waals surface area (Å²) in [5, 5.41) is 12.3. The Bertz CT molecular complexity index is 414. The van der Waals surface area contributed by atoms with Crippen molar-refractivity contribution >= 4 is 11.9 Å². The molecule has 5 nitrogen and oxygen atoms in total. The molecule has 2 fully saturated rings. The summed E-state index contributed by atoms with van der Waals surface area (Å²) in [6, 6.07) is 0.207. The minimum atomic E-state index is -0.944. The number of aliphatic carboxylic acids is 1. The molecule has 0 unspecified atom stereocenters. The van der Waals surface area contributed by atoms with Gasteiger partial charge in [0, 0.05) is 6.04 Å². The smallest absolute Gasteiger partial charge is 0.310 e. The first-order chi connectivity index (χ1) is 9.16. The summed E-state index contributed by atoms with van der Waals surface area (Å²) in [6.45, 7) is 0. The molecule has 2 N–H and O–H groups in total. The zero-order chi connectivity index (χ0) is 13.4. The molecular formula is C14H19NO4. The zero-order valence-electron chi connectivity index (χ0n) is 10.7. The molecule has 3 rings (SSSR count). The minimum absolute atomic E-state index is 0.156. The summed E-state index contributed by atoms with van der Waals surface area (Å²) in [6.07, 6.45) is 8.27. The summed E-state index contributed by atoms with van der Waals surface area (Å²) < 4.78 is 5.52. The van der Waals surface area contributed by atoms with Crippen LogP contribution in [0.5, 0.6) is 0 Å². The maximum atomic E-state index is 12.3. The average molecular weight is 265 g/mol. The molecule has 0 aromatic heterocycles. The molecule has 0 spiro atoms. The molecular weight excluding hydrogens is 246 g/mol. The predicted molar refractivity (Wildman–Crippen MR) is 67.4 cm³/mol. The van der Waals surface area contributed by atoms with Gasteiger partial charge < -0.3 is 15.2 Å². The largest absolute Gasteiger partial charge is 0.481 e. The minimum Gasteiger partial charge on any atom is -0.481 e. The van der Waals surface area contributed by atoms with Crippen molar-refractivity contribution in [2.24, 2.45) is 11.8 Å². The molecule has 0 radical (unpaired) electrons. The van der Waals surface area contributed by atoms with Crippen molar-refractivity contribution < 1.29 is 19.4 Å². The number of carbonyl (C=O) groups is 2. The molecule has 5 heteroatoms. The molecule has 104 valence electrons. The van der Waals surface area contributed by atoms with Crippen LogP contribution in [0.15, 0.2) is 12.2 Å². The predicted octanol–water partition coefficient (Wildman–Crippen LogP) is 1.09. The second-order valence-corrected chi connectivity index (χ2v) is 5.68. The quantitative estimate of drug-likeness (QED) is 0.749. The lowest BCUT2D eigenvalue weighted by Gasteiger charge is -2.27. The normalized spacial score (nSPS) is 37.5. The third-order valence-corrected chi connectivity index (χ3v) is 4.44. The number of rotatable bonds is 3. The Morgan fingerprint density at radius 1 is 1.05 bits per heavy atom. The van der Waals surface area contributed by atoms with Crippen LogP contribution in [0.2, 0.25) is 0 Å². The van der Waals surface area contributed by atoms with E-state index in [4.69, 9.17) is 4.74 Å². The maximum absolute atomic E-state index is 12.3. The van der Waals surface area contributed by atoms with Crippen molar-refractivity contribution in [1.29, 1.82) is 0 Å². The van der Waals surface area contributed by atoms with Crippen molar-refractivity contribution in [2.45, 2.75) is 50.4 Å². The van der Waals surface area contributed by atoms with Gasteiger partial charge >= 0.3 is 5.97 Å². The molecule has 4 atom stereocenters. The topological polar surface area (TPSA) is 75.6 Å². The number of fused-ring (bicyclic) bond motifs is 2. The first-order valence-electron chi connectivity index (χ1n) is 7.04. The van der Waals surface area contributed by atoms with Gasteiger partial charge in [-0.05, 0) is 12.8 Å². The lowest BCUT2D eigenvalue weighted by molar-refractivity contribution is -0.146. The molecule has 1 aliphatic carbocycles. The Labute approximate surface area is 112 Å². The van der Waals surface area contributed by atoms with Crippen LogP contribution in [0.25, 0.3) is 0 Å². The van der Waals surface area contributed by atoms with Crippen molar-refractivity contribution in [3.8, 4) is 0 Å². The lowest BCUT2D eigenvalue weighted by Crippen LogP contribution is -2.46. The molecule has 0 aromatic rings. The third kappa shape index (κ3) is 2.27. The molecule has 19 heavy (non-hydrogen) atoms. The Morgan fingerprint density at radius 2 is 1.68 bits per heavy atom. The molecule has 3 aliphatic rings. The van der Waals surface area contributed by atoms with Crippen molar-refractivity contribution in [3.63, 3.8) is 0 Å². The van der Waals surface area contributed by atoms with E-state index in [9.17, 15) is 14.7 Å². The fourth-order valence-corrected chi connectivity index (χ4v) is 3.46. The molecule has 1 saturated carbocycles. The van der Waals surface area contributed by atoms with E-state index < -0.39 is 23.9 Å². The fourth-order valence-electron chi connectivity index (χ4n) is 3.46. The van der Waals surface area contributed by atoms with Gasteiger partial charge in [-0.3, -0.25) is 9.59 Å². The Morgan fingerprint density at radius 3 is 2.32 bits per heavy atom. The highest BCUT2D eigenvalue weighted by Crippen LogP contribution is 2.39. The van der Waals surface area contributed by atoms with Crippen LogP contribution in [-0.4, -0.2) is 35.2 Å². The van der Waals surface area contributed by atoms with Gasteiger partial charge in [-0.1, -0.05) is 31.4 Å². The molecule has 2 bridgehead atoms. The van der Waals surface area contributed by atoms with Crippen LogP contribution in [-0.2, 0) is 14.3 Å². The summed E-state index contributed by atoms with van der Waals surface area (Å²) in [5.41, 5.74) is 0.